The van der Waals surface area contributed by atoms with Crippen LogP contribution in [0.4, 0.5) is 0 Å². The number of benzene rings is 1. The molecule has 2 N–H and O–H groups in total. The van der Waals surface area contributed by atoms with Gasteiger partial charge in [-0.05, 0) is 11.5 Å². The van der Waals surface area contributed by atoms with E-state index in [2.05, 4.69) is 74.5 Å². The third-order valence-corrected chi connectivity index (χ3v) is 6.00. The molecule has 0 spiro atoms. The average Bonchev–Trinajstić information content (AvgIpc) is 2.78. The molecule has 8 heteroatoms. The topological polar surface area (TPSA) is 55.4 Å². The quantitative estimate of drug-likeness (QED) is 0.275. The molecule has 1 aromatic carbocycles. The van der Waals surface area contributed by atoms with Crippen LogP contribution in [0.15, 0.2) is 35.3 Å². The lowest BCUT2D eigenvalue weighted by molar-refractivity contribution is -0.0284. The first kappa shape index (κ1) is 27.3. The van der Waals surface area contributed by atoms with Gasteiger partial charge in [0.05, 0.1) is 12.7 Å². The lowest BCUT2D eigenvalue weighted by atomic mass is 10.2. The fourth-order valence-corrected chi connectivity index (χ4v) is 4.36. The summed E-state index contributed by atoms with van der Waals surface area (Å²) >= 11 is 0. The lowest BCUT2D eigenvalue weighted by Crippen LogP contribution is -2.51. The van der Waals surface area contributed by atoms with Crippen LogP contribution >= 0.6 is 24.0 Å². The first-order chi connectivity index (χ1) is 15.1. The smallest absolute Gasteiger partial charge is 0.191 e. The van der Waals surface area contributed by atoms with Gasteiger partial charge in [0, 0.05) is 79.0 Å². The van der Waals surface area contributed by atoms with Crippen LogP contribution in [0.2, 0.25) is 0 Å². The number of aliphatic imine (C=N–C) groups is 1. The van der Waals surface area contributed by atoms with Gasteiger partial charge in [-0.2, -0.15) is 0 Å². The van der Waals surface area contributed by atoms with E-state index in [1.165, 1.54) is 5.56 Å². The molecule has 0 amide bonds. The number of halogens is 1. The van der Waals surface area contributed by atoms with Crippen molar-refractivity contribution in [2.24, 2.45) is 10.9 Å². The van der Waals surface area contributed by atoms with Gasteiger partial charge in [0.25, 0.3) is 0 Å². The molecule has 2 aliphatic rings. The molecule has 0 aromatic heterocycles. The Morgan fingerprint density at radius 3 is 2.44 bits per heavy atom. The Hall–Kier alpha value is -0.940. The summed E-state index contributed by atoms with van der Waals surface area (Å²) in [6.45, 7) is 16.9. The summed E-state index contributed by atoms with van der Waals surface area (Å²) < 4.78 is 5.94. The van der Waals surface area contributed by atoms with Crippen molar-refractivity contribution in [3.05, 3.63) is 35.9 Å². The summed E-state index contributed by atoms with van der Waals surface area (Å²) in [5.74, 6) is 1.56. The summed E-state index contributed by atoms with van der Waals surface area (Å²) in [6.07, 6.45) is 0.226. The third kappa shape index (κ3) is 9.91. The predicted octanol–water partition coefficient (Wildman–Crippen LogP) is 1.94. The highest BCUT2D eigenvalue weighted by molar-refractivity contribution is 14.0. The first-order valence-corrected chi connectivity index (χ1v) is 11.9. The SMILES string of the molecule is CN=C(NCCN1CCN(Cc2ccccc2)CC1)NCC1CN(CC(C)C)CCO1.I. The molecule has 0 aliphatic carbocycles. The van der Waals surface area contributed by atoms with Crippen molar-refractivity contribution in [3.63, 3.8) is 0 Å². The van der Waals surface area contributed by atoms with Gasteiger partial charge in [-0.25, -0.2) is 0 Å². The molecule has 1 aromatic rings. The van der Waals surface area contributed by atoms with E-state index >= 15 is 0 Å². The van der Waals surface area contributed by atoms with Crippen molar-refractivity contribution < 1.29 is 4.74 Å². The monoisotopic (exact) mass is 558 g/mol. The van der Waals surface area contributed by atoms with Crippen LogP contribution in [0.25, 0.3) is 0 Å². The van der Waals surface area contributed by atoms with Crippen molar-refractivity contribution in [3.8, 4) is 0 Å². The molecule has 182 valence electrons. The fourth-order valence-electron chi connectivity index (χ4n) is 4.36. The van der Waals surface area contributed by atoms with E-state index in [1.807, 2.05) is 7.05 Å². The van der Waals surface area contributed by atoms with Crippen LogP contribution in [0.3, 0.4) is 0 Å². The maximum atomic E-state index is 5.94. The molecule has 1 atom stereocenters. The van der Waals surface area contributed by atoms with E-state index in [1.54, 1.807) is 0 Å². The van der Waals surface area contributed by atoms with Crippen molar-refractivity contribution in [1.82, 2.24) is 25.3 Å². The minimum absolute atomic E-state index is 0. The van der Waals surface area contributed by atoms with E-state index in [-0.39, 0.29) is 30.1 Å². The van der Waals surface area contributed by atoms with Crippen LogP contribution in [0.1, 0.15) is 19.4 Å². The normalized spacial score (nSPS) is 21.4. The number of ether oxygens (including phenoxy) is 1. The van der Waals surface area contributed by atoms with Gasteiger partial charge in [0.2, 0.25) is 0 Å². The van der Waals surface area contributed by atoms with E-state index in [0.717, 1.165) is 84.6 Å². The maximum absolute atomic E-state index is 5.94. The molecule has 2 heterocycles. The second kappa shape index (κ2) is 15.1. The highest BCUT2D eigenvalue weighted by atomic mass is 127. The molecule has 3 rings (SSSR count). The molecule has 1 unspecified atom stereocenters. The number of nitrogens with one attached hydrogen (secondary N) is 2. The largest absolute Gasteiger partial charge is 0.374 e. The summed E-state index contributed by atoms with van der Waals surface area (Å²) in [5, 5.41) is 6.91. The zero-order valence-corrected chi connectivity index (χ0v) is 22.5. The molecule has 0 saturated carbocycles. The molecule has 32 heavy (non-hydrogen) atoms. The summed E-state index contributed by atoms with van der Waals surface area (Å²) in [6, 6.07) is 10.8. The average molecular weight is 559 g/mol. The molecule has 2 saturated heterocycles. The minimum Gasteiger partial charge on any atom is -0.374 e. The van der Waals surface area contributed by atoms with Crippen LogP contribution in [0.5, 0.6) is 0 Å². The predicted molar refractivity (Wildman–Crippen MR) is 144 cm³/mol. The number of nitrogens with zero attached hydrogens (tertiary/aromatic N) is 4. The Kier molecular flexibility index (Phi) is 12.8. The Bertz CT molecular complexity index is 651. The van der Waals surface area contributed by atoms with Crippen LogP contribution in [-0.4, -0.2) is 106 Å². The number of piperazine rings is 1. The van der Waals surface area contributed by atoms with E-state index in [4.69, 9.17) is 4.74 Å². The van der Waals surface area contributed by atoms with Gasteiger partial charge in [0.1, 0.15) is 0 Å². The summed E-state index contributed by atoms with van der Waals surface area (Å²) in [4.78, 5) is 12.0. The molecule has 0 bridgehead atoms. The summed E-state index contributed by atoms with van der Waals surface area (Å²) in [5.41, 5.74) is 1.40. The summed E-state index contributed by atoms with van der Waals surface area (Å²) in [7, 11) is 1.84. The standard InChI is InChI=1S/C24H42N6O.HI/c1-21(2)18-30-15-16-31-23(20-30)17-27-24(25-3)26-9-10-28-11-13-29(14-12-28)19-22-7-5-4-6-8-22;/h4-8,21,23H,9-20H2,1-3H3,(H2,25,26,27);1H. The van der Waals surface area contributed by atoms with Gasteiger partial charge in [0.15, 0.2) is 5.96 Å². The second-order valence-electron chi connectivity index (χ2n) is 9.13. The van der Waals surface area contributed by atoms with E-state index in [9.17, 15) is 0 Å². The zero-order valence-electron chi connectivity index (χ0n) is 20.1. The Morgan fingerprint density at radius 1 is 1.03 bits per heavy atom. The Labute approximate surface area is 212 Å². The van der Waals surface area contributed by atoms with E-state index < -0.39 is 0 Å². The zero-order chi connectivity index (χ0) is 21.9. The molecule has 2 aliphatic heterocycles. The number of guanidine groups is 1. The molecule has 2 fully saturated rings. The highest BCUT2D eigenvalue weighted by Gasteiger charge is 2.21. The highest BCUT2D eigenvalue weighted by Crippen LogP contribution is 2.09. The van der Waals surface area contributed by atoms with Crippen LogP contribution in [0, 0.1) is 5.92 Å². The van der Waals surface area contributed by atoms with Crippen molar-refractivity contribution in [2.75, 3.05) is 79.1 Å². The molecule has 7 nitrogen and oxygen atoms in total. The van der Waals surface area contributed by atoms with Gasteiger partial charge >= 0.3 is 0 Å². The number of rotatable bonds is 9. The fraction of sp³-hybridized carbons (Fsp3) is 0.708. The molecule has 0 radical (unpaired) electrons. The lowest BCUT2D eigenvalue weighted by Gasteiger charge is -2.35. The second-order valence-corrected chi connectivity index (χ2v) is 9.13. The molecular formula is C24H43IN6O. The van der Waals surface area contributed by atoms with E-state index in [0.29, 0.717) is 5.92 Å². The van der Waals surface area contributed by atoms with Gasteiger partial charge in [-0.15, -0.1) is 24.0 Å². The van der Waals surface area contributed by atoms with Gasteiger partial charge in [-0.1, -0.05) is 44.2 Å². The van der Waals surface area contributed by atoms with Crippen molar-refractivity contribution in [1.29, 1.82) is 0 Å². The third-order valence-electron chi connectivity index (χ3n) is 6.00. The number of hydrogen-bond acceptors (Lipinski definition) is 5. The number of hydrogen-bond donors (Lipinski definition) is 2. The first-order valence-electron chi connectivity index (χ1n) is 11.9. The Morgan fingerprint density at radius 2 is 1.75 bits per heavy atom. The van der Waals surface area contributed by atoms with Gasteiger partial charge in [-0.3, -0.25) is 19.7 Å². The molecular weight excluding hydrogens is 515 g/mol. The van der Waals surface area contributed by atoms with Crippen LogP contribution < -0.4 is 10.6 Å². The van der Waals surface area contributed by atoms with Crippen LogP contribution in [-0.2, 0) is 11.3 Å². The maximum Gasteiger partial charge on any atom is 0.191 e. The number of morpholine rings is 1. The minimum atomic E-state index is 0. The van der Waals surface area contributed by atoms with Gasteiger partial charge < -0.3 is 15.4 Å². The van der Waals surface area contributed by atoms with Crippen molar-refractivity contribution in [2.45, 2.75) is 26.5 Å². The Balaban J connectivity index is 0.00000363. The van der Waals surface area contributed by atoms with Crippen molar-refractivity contribution >= 4 is 29.9 Å².